The van der Waals surface area contributed by atoms with E-state index in [1.54, 1.807) is 18.2 Å². The van der Waals surface area contributed by atoms with Crippen molar-refractivity contribution in [3.05, 3.63) is 64.5 Å². The standard InChI is InChI=1S/C18H17Cl2N3O2/c1-23(9-10-24-16-4-2-3-15(20)11-16)12-17-21-22-18(25-17)13-5-7-14(19)8-6-13/h2-8,11H,9-10,12H2,1H3. The van der Waals surface area contributed by atoms with E-state index in [9.17, 15) is 0 Å². The van der Waals surface area contributed by atoms with Gasteiger partial charge in [0.05, 0.1) is 6.54 Å². The van der Waals surface area contributed by atoms with Crippen LogP contribution in [0.3, 0.4) is 0 Å². The SMILES string of the molecule is CN(CCOc1cccc(Cl)c1)Cc1nnc(-c2ccc(Cl)cc2)o1. The smallest absolute Gasteiger partial charge is 0.247 e. The fourth-order valence-electron chi connectivity index (χ4n) is 2.21. The number of hydrogen-bond donors (Lipinski definition) is 0. The summed E-state index contributed by atoms with van der Waals surface area (Å²) in [5.74, 6) is 1.79. The number of halogens is 2. The summed E-state index contributed by atoms with van der Waals surface area (Å²) in [4.78, 5) is 2.05. The highest BCUT2D eigenvalue weighted by Crippen LogP contribution is 2.20. The van der Waals surface area contributed by atoms with Gasteiger partial charge >= 0.3 is 0 Å². The van der Waals surface area contributed by atoms with Crippen LogP contribution in [0.15, 0.2) is 52.9 Å². The van der Waals surface area contributed by atoms with Crippen molar-refractivity contribution in [2.75, 3.05) is 20.2 Å². The minimum Gasteiger partial charge on any atom is -0.492 e. The van der Waals surface area contributed by atoms with Gasteiger partial charge in [-0.3, -0.25) is 4.90 Å². The summed E-state index contributed by atoms with van der Waals surface area (Å²) >= 11 is 11.8. The molecule has 3 rings (SSSR count). The molecule has 0 saturated carbocycles. The highest BCUT2D eigenvalue weighted by atomic mass is 35.5. The van der Waals surface area contributed by atoms with Crippen molar-refractivity contribution in [3.8, 4) is 17.2 Å². The highest BCUT2D eigenvalue weighted by molar-refractivity contribution is 6.30. The first kappa shape index (κ1) is 17.7. The van der Waals surface area contributed by atoms with Crippen LogP contribution in [0.5, 0.6) is 5.75 Å². The topological polar surface area (TPSA) is 51.4 Å². The molecule has 0 aliphatic rings. The summed E-state index contributed by atoms with van der Waals surface area (Å²) in [6.45, 7) is 1.79. The second-order valence-corrected chi connectivity index (χ2v) is 6.42. The van der Waals surface area contributed by atoms with Crippen LogP contribution < -0.4 is 4.74 Å². The van der Waals surface area contributed by atoms with Crippen molar-refractivity contribution >= 4 is 23.2 Å². The third-order valence-corrected chi connectivity index (χ3v) is 3.99. The number of ether oxygens (including phenoxy) is 1. The van der Waals surface area contributed by atoms with E-state index < -0.39 is 0 Å². The van der Waals surface area contributed by atoms with Gasteiger partial charge in [-0.05, 0) is 49.5 Å². The number of rotatable bonds is 7. The average molecular weight is 378 g/mol. The zero-order chi connectivity index (χ0) is 17.6. The van der Waals surface area contributed by atoms with Crippen LogP contribution in [0.2, 0.25) is 10.0 Å². The molecule has 1 aromatic heterocycles. The lowest BCUT2D eigenvalue weighted by Gasteiger charge is -2.14. The molecule has 0 aliphatic carbocycles. The molecule has 25 heavy (non-hydrogen) atoms. The van der Waals surface area contributed by atoms with Crippen molar-refractivity contribution in [3.63, 3.8) is 0 Å². The Morgan fingerprint density at radius 1 is 1.04 bits per heavy atom. The lowest BCUT2D eigenvalue weighted by atomic mass is 10.2. The van der Waals surface area contributed by atoms with E-state index in [1.807, 2.05) is 42.3 Å². The predicted octanol–water partition coefficient (Wildman–Crippen LogP) is 4.55. The summed E-state index contributed by atoms with van der Waals surface area (Å²) in [5.41, 5.74) is 0.843. The van der Waals surface area contributed by atoms with Gasteiger partial charge in [-0.2, -0.15) is 0 Å². The minimum atomic E-state index is 0.482. The maximum absolute atomic E-state index is 5.93. The van der Waals surface area contributed by atoms with Crippen molar-refractivity contribution in [1.82, 2.24) is 15.1 Å². The van der Waals surface area contributed by atoms with Gasteiger partial charge in [0.2, 0.25) is 11.8 Å². The highest BCUT2D eigenvalue weighted by Gasteiger charge is 2.10. The Morgan fingerprint density at radius 2 is 1.84 bits per heavy atom. The molecule has 0 saturated heterocycles. The van der Waals surface area contributed by atoms with Crippen molar-refractivity contribution in [2.24, 2.45) is 0 Å². The Kier molecular flexibility index (Phi) is 5.91. The van der Waals surface area contributed by atoms with E-state index in [0.29, 0.717) is 41.5 Å². The van der Waals surface area contributed by atoms with E-state index in [2.05, 4.69) is 10.2 Å². The monoisotopic (exact) mass is 377 g/mol. The van der Waals surface area contributed by atoms with Crippen LogP contribution in [-0.4, -0.2) is 35.3 Å². The Morgan fingerprint density at radius 3 is 2.60 bits per heavy atom. The molecule has 0 radical (unpaired) electrons. The molecule has 7 heteroatoms. The van der Waals surface area contributed by atoms with Crippen LogP contribution in [0.4, 0.5) is 0 Å². The molecule has 130 valence electrons. The van der Waals surface area contributed by atoms with Gasteiger partial charge in [0, 0.05) is 22.2 Å². The summed E-state index contributed by atoms with van der Waals surface area (Å²) in [7, 11) is 1.97. The first-order chi connectivity index (χ1) is 12.1. The summed E-state index contributed by atoms with van der Waals surface area (Å²) in [6, 6.07) is 14.6. The van der Waals surface area contributed by atoms with Crippen LogP contribution >= 0.6 is 23.2 Å². The van der Waals surface area contributed by atoms with Gasteiger partial charge in [0.15, 0.2) is 0 Å². The number of likely N-dealkylation sites (N-methyl/N-ethyl adjacent to an activating group) is 1. The zero-order valence-corrected chi connectivity index (χ0v) is 15.2. The number of aromatic nitrogens is 2. The maximum Gasteiger partial charge on any atom is 0.247 e. The largest absolute Gasteiger partial charge is 0.492 e. The van der Waals surface area contributed by atoms with Crippen molar-refractivity contribution < 1.29 is 9.15 Å². The fourth-order valence-corrected chi connectivity index (χ4v) is 2.52. The third-order valence-electron chi connectivity index (χ3n) is 3.50. The van der Waals surface area contributed by atoms with E-state index >= 15 is 0 Å². The van der Waals surface area contributed by atoms with Gasteiger partial charge < -0.3 is 9.15 Å². The average Bonchev–Trinajstić information content (AvgIpc) is 3.04. The Balaban J connectivity index is 1.49. The molecule has 0 atom stereocenters. The molecule has 2 aromatic carbocycles. The lowest BCUT2D eigenvalue weighted by Crippen LogP contribution is -2.24. The molecule has 1 heterocycles. The lowest BCUT2D eigenvalue weighted by molar-refractivity contribution is 0.220. The van der Waals surface area contributed by atoms with E-state index in [4.69, 9.17) is 32.4 Å². The van der Waals surface area contributed by atoms with Crippen LogP contribution in [-0.2, 0) is 6.54 Å². The summed E-state index contributed by atoms with van der Waals surface area (Å²) in [5, 5.41) is 9.49. The molecule has 5 nitrogen and oxygen atoms in total. The normalized spacial score (nSPS) is 11.0. The summed E-state index contributed by atoms with van der Waals surface area (Å²) < 4.78 is 11.4. The van der Waals surface area contributed by atoms with E-state index in [1.165, 1.54) is 0 Å². The van der Waals surface area contributed by atoms with Gasteiger partial charge in [-0.15, -0.1) is 10.2 Å². The molecular weight excluding hydrogens is 361 g/mol. The van der Waals surface area contributed by atoms with Gasteiger partial charge in [-0.25, -0.2) is 0 Å². The Bertz CT molecular complexity index is 821. The zero-order valence-electron chi connectivity index (χ0n) is 13.7. The van der Waals surface area contributed by atoms with Gasteiger partial charge in [0.1, 0.15) is 12.4 Å². The molecule has 0 unspecified atom stereocenters. The third kappa shape index (κ3) is 5.19. The van der Waals surface area contributed by atoms with Crippen LogP contribution in [0.25, 0.3) is 11.5 Å². The van der Waals surface area contributed by atoms with Crippen LogP contribution in [0.1, 0.15) is 5.89 Å². The molecule has 3 aromatic rings. The number of nitrogens with zero attached hydrogens (tertiary/aromatic N) is 3. The van der Waals surface area contributed by atoms with Crippen LogP contribution in [0, 0.1) is 0 Å². The van der Waals surface area contributed by atoms with E-state index in [0.717, 1.165) is 11.3 Å². The van der Waals surface area contributed by atoms with Gasteiger partial charge in [0.25, 0.3) is 0 Å². The second kappa shape index (κ2) is 8.34. The summed E-state index contributed by atoms with van der Waals surface area (Å²) in [6.07, 6.45) is 0. The molecule has 0 amide bonds. The first-order valence-electron chi connectivity index (χ1n) is 7.75. The molecule has 0 fully saturated rings. The second-order valence-electron chi connectivity index (χ2n) is 5.55. The number of hydrogen-bond acceptors (Lipinski definition) is 5. The quantitative estimate of drug-likeness (QED) is 0.604. The predicted molar refractivity (Wildman–Crippen MR) is 98.0 cm³/mol. The number of benzene rings is 2. The molecule has 0 bridgehead atoms. The maximum atomic E-state index is 5.93. The fraction of sp³-hybridized carbons (Fsp3) is 0.222. The molecule has 0 aliphatic heterocycles. The molecule has 0 spiro atoms. The Hall–Kier alpha value is -2.08. The van der Waals surface area contributed by atoms with E-state index in [-0.39, 0.29) is 0 Å². The molecular formula is C18H17Cl2N3O2. The molecule has 0 N–H and O–H groups in total. The van der Waals surface area contributed by atoms with Gasteiger partial charge in [-0.1, -0.05) is 29.3 Å². The van der Waals surface area contributed by atoms with Crippen molar-refractivity contribution in [2.45, 2.75) is 6.54 Å². The van der Waals surface area contributed by atoms with Crippen molar-refractivity contribution in [1.29, 1.82) is 0 Å². The first-order valence-corrected chi connectivity index (χ1v) is 8.51. The Labute approximate surface area is 156 Å². The minimum absolute atomic E-state index is 0.482.